The Morgan fingerprint density at radius 2 is 1.83 bits per heavy atom. The van der Waals surface area contributed by atoms with Gasteiger partial charge in [-0.1, -0.05) is 39.7 Å². The number of nitrogens with one attached hydrogen (secondary N) is 1. The average Bonchev–Trinajstić information content (AvgIpc) is 3.09. The minimum absolute atomic E-state index is 0.0928. The lowest BCUT2D eigenvalue weighted by molar-refractivity contribution is -0.127. The van der Waals surface area contributed by atoms with Crippen LogP contribution in [0.3, 0.4) is 0 Å². The summed E-state index contributed by atoms with van der Waals surface area (Å²) in [6.07, 6.45) is 1.50. The van der Waals surface area contributed by atoms with Crippen molar-refractivity contribution in [3.05, 3.63) is 97.8 Å². The van der Waals surface area contributed by atoms with Gasteiger partial charge in [0, 0.05) is 21.1 Å². The Hall–Kier alpha value is -3.21. The van der Waals surface area contributed by atoms with E-state index < -0.39 is 35.2 Å². The fourth-order valence-electron chi connectivity index (χ4n) is 3.21. The quantitative estimate of drug-likeness (QED) is 0.311. The second-order valence-corrected chi connectivity index (χ2v) is 9.88. The van der Waals surface area contributed by atoms with Crippen LogP contribution >= 0.6 is 39.3 Å². The molecule has 36 heavy (non-hydrogen) atoms. The van der Waals surface area contributed by atoms with E-state index in [4.69, 9.17) is 16.3 Å². The molecule has 0 saturated carbocycles. The molecule has 1 heterocycles. The summed E-state index contributed by atoms with van der Waals surface area (Å²) in [6, 6.07) is 15.0. The number of nitrogens with zero attached hydrogens (tertiary/aromatic N) is 1. The van der Waals surface area contributed by atoms with Gasteiger partial charge < -0.3 is 10.1 Å². The van der Waals surface area contributed by atoms with Crippen LogP contribution in [-0.4, -0.2) is 28.5 Å². The highest BCUT2D eigenvalue weighted by atomic mass is 79.9. The van der Waals surface area contributed by atoms with Crippen molar-refractivity contribution in [3.63, 3.8) is 0 Å². The zero-order valence-corrected chi connectivity index (χ0v) is 21.4. The van der Waals surface area contributed by atoms with Gasteiger partial charge in [0.1, 0.15) is 30.5 Å². The number of carbonyl (C=O) groups excluding carboxylic acids is 3. The van der Waals surface area contributed by atoms with Crippen molar-refractivity contribution in [2.24, 2.45) is 0 Å². The van der Waals surface area contributed by atoms with E-state index in [2.05, 4.69) is 21.2 Å². The summed E-state index contributed by atoms with van der Waals surface area (Å²) in [7, 11) is 0. The Labute approximate surface area is 222 Å². The maximum atomic E-state index is 13.8. The molecule has 0 unspecified atom stereocenters. The molecular formula is C25H16BrClF2N2O4S. The summed E-state index contributed by atoms with van der Waals surface area (Å²) < 4.78 is 33.5. The fraction of sp³-hybridized carbons (Fsp3) is 0.0800. The molecule has 6 nitrogen and oxygen atoms in total. The molecule has 0 radical (unpaired) electrons. The van der Waals surface area contributed by atoms with Gasteiger partial charge in [0.15, 0.2) is 0 Å². The number of hydrogen-bond acceptors (Lipinski definition) is 5. The molecule has 1 N–H and O–H groups in total. The summed E-state index contributed by atoms with van der Waals surface area (Å²) in [4.78, 5) is 38.5. The molecule has 0 aliphatic carbocycles. The largest absolute Gasteiger partial charge is 0.488 e. The minimum Gasteiger partial charge on any atom is -0.488 e. The first-order chi connectivity index (χ1) is 17.2. The van der Waals surface area contributed by atoms with E-state index in [1.807, 2.05) is 12.1 Å². The second-order valence-electron chi connectivity index (χ2n) is 7.54. The summed E-state index contributed by atoms with van der Waals surface area (Å²) in [6.45, 7) is -0.377. The van der Waals surface area contributed by atoms with E-state index in [1.165, 1.54) is 6.08 Å². The van der Waals surface area contributed by atoms with E-state index >= 15 is 0 Å². The lowest BCUT2D eigenvalue weighted by Crippen LogP contribution is -2.36. The average molecular weight is 594 g/mol. The molecule has 1 fully saturated rings. The van der Waals surface area contributed by atoms with Gasteiger partial charge in [0.25, 0.3) is 11.1 Å². The number of halogens is 4. The van der Waals surface area contributed by atoms with Gasteiger partial charge in [-0.3, -0.25) is 19.3 Å². The molecule has 3 amide bonds. The van der Waals surface area contributed by atoms with Gasteiger partial charge in [0.05, 0.1) is 10.6 Å². The monoisotopic (exact) mass is 592 g/mol. The number of hydrogen-bond donors (Lipinski definition) is 1. The van der Waals surface area contributed by atoms with Crippen LogP contribution in [-0.2, 0) is 16.2 Å². The van der Waals surface area contributed by atoms with Crippen LogP contribution in [0.1, 0.15) is 11.1 Å². The Morgan fingerprint density at radius 1 is 1.08 bits per heavy atom. The van der Waals surface area contributed by atoms with Crippen LogP contribution in [0.4, 0.5) is 19.3 Å². The van der Waals surface area contributed by atoms with E-state index in [0.717, 1.165) is 27.1 Å². The van der Waals surface area contributed by atoms with Crippen LogP contribution in [0, 0.1) is 11.6 Å². The van der Waals surface area contributed by atoms with E-state index in [0.29, 0.717) is 34.2 Å². The van der Waals surface area contributed by atoms with Crippen molar-refractivity contribution >= 4 is 68.1 Å². The van der Waals surface area contributed by atoms with Gasteiger partial charge in [-0.15, -0.1) is 0 Å². The molecule has 0 spiro atoms. The molecule has 1 saturated heterocycles. The number of anilines is 1. The number of ether oxygens (including phenoxy) is 1. The summed E-state index contributed by atoms with van der Waals surface area (Å²) in [5.74, 6) is -2.78. The lowest BCUT2D eigenvalue weighted by atomic mass is 10.1. The third-order valence-corrected chi connectivity index (χ3v) is 6.60. The van der Waals surface area contributed by atoms with Crippen LogP contribution in [0.15, 0.2) is 70.0 Å². The Balaban J connectivity index is 1.48. The standard InChI is InChI=1S/C25H16BrClF2N2O4S/c26-16-3-8-21(35-13-14-1-4-17(27)5-2-14)15(9-16)10-22-24(33)31(25(34)36-22)12-23(32)30-20-7-6-18(28)11-19(20)29/h1-11H,12-13H2,(H,30,32)/b22-10+. The molecule has 3 aromatic carbocycles. The van der Waals surface area contributed by atoms with Gasteiger partial charge in [0.2, 0.25) is 5.91 Å². The van der Waals surface area contributed by atoms with E-state index in [9.17, 15) is 23.2 Å². The molecule has 0 atom stereocenters. The molecule has 11 heteroatoms. The smallest absolute Gasteiger partial charge is 0.294 e. The van der Waals surface area contributed by atoms with Crippen molar-refractivity contribution in [1.82, 2.24) is 4.90 Å². The van der Waals surface area contributed by atoms with Gasteiger partial charge in [-0.05, 0) is 65.9 Å². The molecular weight excluding hydrogens is 578 g/mol. The molecule has 1 aliphatic heterocycles. The van der Waals surface area contributed by atoms with E-state index in [1.54, 1.807) is 30.3 Å². The zero-order valence-electron chi connectivity index (χ0n) is 18.3. The lowest BCUT2D eigenvalue weighted by Gasteiger charge is -2.13. The summed E-state index contributed by atoms with van der Waals surface area (Å²) >= 11 is 9.97. The highest BCUT2D eigenvalue weighted by molar-refractivity contribution is 9.10. The maximum absolute atomic E-state index is 13.8. The minimum atomic E-state index is -0.974. The number of carbonyl (C=O) groups is 3. The van der Waals surface area contributed by atoms with Crippen molar-refractivity contribution in [2.75, 3.05) is 11.9 Å². The predicted octanol–water partition coefficient (Wildman–Crippen LogP) is 6.63. The number of thioether (sulfide) groups is 1. The third-order valence-electron chi connectivity index (χ3n) is 4.95. The molecule has 0 aromatic heterocycles. The molecule has 4 rings (SSSR count). The van der Waals surface area contributed by atoms with E-state index in [-0.39, 0.29) is 17.2 Å². The van der Waals surface area contributed by atoms with Crippen molar-refractivity contribution in [2.45, 2.75) is 6.61 Å². The Kier molecular flexibility index (Phi) is 8.07. The number of imide groups is 1. The molecule has 1 aliphatic rings. The maximum Gasteiger partial charge on any atom is 0.294 e. The first kappa shape index (κ1) is 25.9. The first-order valence-electron chi connectivity index (χ1n) is 10.4. The third kappa shape index (κ3) is 6.31. The van der Waals surface area contributed by atoms with Crippen LogP contribution in [0.2, 0.25) is 5.02 Å². The van der Waals surface area contributed by atoms with Crippen molar-refractivity contribution < 1.29 is 27.9 Å². The summed E-state index contributed by atoms with van der Waals surface area (Å²) in [5, 5.41) is 2.19. The molecule has 3 aromatic rings. The van der Waals surface area contributed by atoms with Gasteiger partial charge in [-0.25, -0.2) is 8.78 Å². The molecule has 0 bridgehead atoms. The topological polar surface area (TPSA) is 75.7 Å². The first-order valence-corrected chi connectivity index (χ1v) is 12.4. The highest BCUT2D eigenvalue weighted by Gasteiger charge is 2.36. The van der Waals surface area contributed by atoms with Gasteiger partial charge >= 0.3 is 0 Å². The van der Waals surface area contributed by atoms with Crippen molar-refractivity contribution in [1.29, 1.82) is 0 Å². The summed E-state index contributed by atoms with van der Waals surface area (Å²) in [5.41, 5.74) is 1.17. The Morgan fingerprint density at radius 3 is 2.56 bits per heavy atom. The fourth-order valence-corrected chi connectivity index (χ4v) is 4.54. The molecule has 184 valence electrons. The van der Waals surface area contributed by atoms with Crippen molar-refractivity contribution in [3.8, 4) is 5.75 Å². The SMILES string of the molecule is O=C(CN1C(=O)S/C(=C/c2cc(Br)ccc2OCc2ccc(Cl)cc2)C1=O)Nc1ccc(F)cc1F. The van der Waals surface area contributed by atoms with Crippen LogP contribution in [0.5, 0.6) is 5.75 Å². The second kappa shape index (κ2) is 11.2. The van der Waals surface area contributed by atoms with Crippen LogP contribution < -0.4 is 10.1 Å². The normalized spacial score (nSPS) is 14.4. The predicted molar refractivity (Wildman–Crippen MR) is 138 cm³/mol. The highest BCUT2D eigenvalue weighted by Crippen LogP contribution is 2.35. The number of amides is 3. The number of benzene rings is 3. The van der Waals surface area contributed by atoms with Gasteiger partial charge in [-0.2, -0.15) is 0 Å². The zero-order chi connectivity index (χ0) is 25.8. The van der Waals surface area contributed by atoms with Crippen LogP contribution in [0.25, 0.3) is 6.08 Å². The Bertz CT molecular complexity index is 1380. The number of rotatable bonds is 7.